The second-order valence-corrected chi connectivity index (χ2v) is 4.37. The molecule has 18 heavy (non-hydrogen) atoms. The zero-order valence-corrected chi connectivity index (χ0v) is 10.4. The van der Waals surface area contributed by atoms with Gasteiger partial charge in [-0.25, -0.2) is 0 Å². The van der Waals surface area contributed by atoms with E-state index in [-0.39, 0.29) is 18.4 Å². The van der Waals surface area contributed by atoms with Crippen molar-refractivity contribution in [3.05, 3.63) is 35.9 Å². The minimum atomic E-state index is -0.0226. The van der Waals surface area contributed by atoms with Crippen LogP contribution in [0, 0.1) is 5.92 Å². The molecule has 0 aliphatic carbocycles. The summed E-state index contributed by atoms with van der Waals surface area (Å²) in [4.78, 5) is 13.5. The van der Waals surface area contributed by atoms with E-state index in [0.29, 0.717) is 13.1 Å². The average Bonchev–Trinajstić information content (AvgIpc) is 2.35. The fourth-order valence-electron chi connectivity index (χ4n) is 1.94. The highest BCUT2D eigenvalue weighted by Crippen LogP contribution is 2.20. The number of benzene rings is 1. The summed E-state index contributed by atoms with van der Waals surface area (Å²) in [7, 11) is 1.61. The minimum absolute atomic E-state index is 0.0226. The Kier molecular flexibility index (Phi) is 3.99. The number of nitrogens with zero attached hydrogens (tertiary/aromatic N) is 1. The predicted octanol–water partition coefficient (Wildman–Crippen LogP) is 1.16. The van der Waals surface area contributed by atoms with Crippen molar-refractivity contribution >= 4 is 12.0 Å². The highest BCUT2D eigenvalue weighted by molar-refractivity contribution is 5.92. The Morgan fingerprint density at radius 2 is 2.22 bits per heavy atom. The first kappa shape index (κ1) is 12.6. The summed E-state index contributed by atoms with van der Waals surface area (Å²) < 4.78 is 5.20. The van der Waals surface area contributed by atoms with E-state index in [0.717, 1.165) is 11.3 Å². The van der Waals surface area contributed by atoms with Crippen LogP contribution in [-0.4, -0.2) is 42.7 Å². The maximum Gasteiger partial charge on any atom is 0.246 e. The molecule has 0 spiro atoms. The van der Waals surface area contributed by atoms with Gasteiger partial charge in [-0.2, -0.15) is 0 Å². The number of aliphatic hydroxyl groups excluding tert-OH is 1. The van der Waals surface area contributed by atoms with Gasteiger partial charge in [-0.1, -0.05) is 18.2 Å². The molecule has 0 atom stereocenters. The number of ether oxygens (including phenoxy) is 1. The molecule has 1 amide bonds. The quantitative estimate of drug-likeness (QED) is 0.812. The van der Waals surface area contributed by atoms with Crippen LogP contribution in [0.3, 0.4) is 0 Å². The normalized spacial score (nSPS) is 15.8. The molecule has 1 aromatic rings. The van der Waals surface area contributed by atoms with Gasteiger partial charge in [0.05, 0.1) is 7.11 Å². The zero-order valence-electron chi connectivity index (χ0n) is 10.4. The molecule has 1 N–H and O–H groups in total. The molecule has 1 fully saturated rings. The molecular weight excluding hydrogens is 230 g/mol. The molecule has 1 aliphatic rings. The summed E-state index contributed by atoms with van der Waals surface area (Å²) in [5.41, 5.74) is 0.882. The lowest BCUT2D eigenvalue weighted by atomic mass is 10.0. The molecule has 0 radical (unpaired) electrons. The molecular formula is C14H17NO3. The van der Waals surface area contributed by atoms with Gasteiger partial charge in [0.15, 0.2) is 0 Å². The van der Waals surface area contributed by atoms with Gasteiger partial charge in [-0.15, -0.1) is 0 Å². The average molecular weight is 247 g/mol. The minimum Gasteiger partial charge on any atom is -0.496 e. The maximum atomic E-state index is 11.8. The van der Waals surface area contributed by atoms with Crippen LogP contribution in [0.4, 0.5) is 0 Å². The Labute approximate surface area is 106 Å². The van der Waals surface area contributed by atoms with Gasteiger partial charge in [0.25, 0.3) is 0 Å². The number of methoxy groups -OCH3 is 1. The second kappa shape index (κ2) is 5.69. The van der Waals surface area contributed by atoms with E-state index in [1.54, 1.807) is 24.2 Å². The fraction of sp³-hybridized carbons (Fsp3) is 0.357. The van der Waals surface area contributed by atoms with Gasteiger partial charge in [0.2, 0.25) is 5.91 Å². The summed E-state index contributed by atoms with van der Waals surface area (Å²) in [5, 5.41) is 8.89. The molecule has 1 aliphatic heterocycles. The monoisotopic (exact) mass is 247 g/mol. The summed E-state index contributed by atoms with van der Waals surface area (Å²) in [6, 6.07) is 7.54. The summed E-state index contributed by atoms with van der Waals surface area (Å²) in [6.07, 6.45) is 3.30. The number of carbonyl (C=O) groups excluding carboxylic acids is 1. The van der Waals surface area contributed by atoms with Gasteiger partial charge in [-0.3, -0.25) is 4.79 Å². The Balaban J connectivity index is 1.96. The Hall–Kier alpha value is -1.81. The first-order valence-corrected chi connectivity index (χ1v) is 5.95. The largest absolute Gasteiger partial charge is 0.496 e. The third-order valence-electron chi connectivity index (χ3n) is 3.07. The molecule has 4 heteroatoms. The first-order chi connectivity index (χ1) is 8.74. The van der Waals surface area contributed by atoms with Crippen molar-refractivity contribution in [1.82, 2.24) is 4.90 Å². The lowest BCUT2D eigenvalue weighted by molar-refractivity contribution is -0.132. The number of carbonyl (C=O) groups is 1. The third-order valence-corrected chi connectivity index (χ3v) is 3.07. The topological polar surface area (TPSA) is 49.8 Å². The van der Waals surface area contributed by atoms with Crippen molar-refractivity contribution in [3.63, 3.8) is 0 Å². The van der Waals surface area contributed by atoms with E-state index in [1.807, 2.05) is 24.3 Å². The Morgan fingerprint density at radius 1 is 1.50 bits per heavy atom. The van der Waals surface area contributed by atoms with Crippen LogP contribution in [0.2, 0.25) is 0 Å². The lowest BCUT2D eigenvalue weighted by Gasteiger charge is -2.37. The van der Waals surface area contributed by atoms with Crippen molar-refractivity contribution in [2.75, 3.05) is 26.8 Å². The van der Waals surface area contributed by atoms with E-state index < -0.39 is 0 Å². The standard InChI is InChI=1S/C14H17NO3/c1-18-13-5-3-2-4-12(13)6-7-14(17)15-8-11(9-15)10-16/h2-7,11,16H,8-10H2,1H3. The number of rotatable bonds is 4. The van der Waals surface area contributed by atoms with Gasteiger partial charge in [0, 0.05) is 37.3 Å². The van der Waals surface area contributed by atoms with Gasteiger partial charge >= 0.3 is 0 Å². The summed E-state index contributed by atoms with van der Waals surface area (Å²) in [6.45, 7) is 1.44. The van der Waals surface area contributed by atoms with Gasteiger partial charge in [0.1, 0.15) is 5.75 Å². The SMILES string of the molecule is COc1ccccc1C=CC(=O)N1CC(CO)C1. The van der Waals surface area contributed by atoms with Crippen molar-refractivity contribution in [2.45, 2.75) is 0 Å². The molecule has 0 unspecified atom stereocenters. The van der Waals surface area contributed by atoms with E-state index >= 15 is 0 Å². The van der Waals surface area contributed by atoms with E-state index in [2.05, 4.69) is 0 Å². The number of hydrogen-bond acceptors (Lipinski definition) is 3. The summed E-state index contributed by atoms with van der Waals surface area (Å²) >= 11 is 0. The van der Waals surface area contributed by atoms with Crippen LogP contribution >= 0.6 is 0 Å². The van der Waals surface area contributed by atoms with E-state index in [1.165, 1.54) is 0 Å². The van der Waals surface area contributed by atoms with Crippen molar-refractivity contribution in [2.24, 2.45) is 5.92 Å². The number of hydrogen-bond donors (Lipinski definition) is 1. The molecule has 0 bridgehead atoms. The Morgan fingerprint density at radius 3 is 2.89 bits per heavy atom. The highest BCUT2D eigenvalue weighted by atomic mass is 16.5. The lowest BCUT2D eigenvalue weighted by Crippen LogP contribution is -2.50. The molecule has 1 heterocycles. The molecule has 0 saturated carbocycles. The van der Waals surface area contributed by atoms with Crippen LogP contribution < -0.4 is 4.74 Å². The fourth-order valence-corrected chi connectivity index (χ4v) is 1.94. The van der Waals surface area contributed by atoms with Crippen LogP contribution in [0.1, 0.15) is 5.56 Å². The molecule has 1 aromatic carbocycles. The molecule has 4 nitrogen and oxygen atoms in total. The smallest absolute Gasteiger partial charge is 0.246 e. The van der Waals surface area contributed by atoms with Crippen LogP contribution in [0.25, 0.3) is 6.08 Å². The van der Waals surface area contributed by atoms with Crippen molar-refractivity contribution < 1.29 is 14.6 Å². The predicted molar refractivity (Wildman–Crippen MR) is 69.2 cm³/mol. The second-order valence-electron chi connectivity index (χ2n) is 4.37. The van der Waals surface area contributed by atoms with Crippen LogP contribution in [0.15, 0.2) is 30.3 Å². The van der Waals surface area contributed by atoms with Crippen molar-refractivity contribution in [3.8, 4) is 5.75 Å². The Bertz CT molecular complexity index is 450. The van der Waals surface area contributed by atoms with Crippen LogP contribution in [-0.2, 0) is 4.79 Å². The summed E-state index contributed by atoms with van der Waals surface area (Å²) in [5.74, 6) is 0.970. The molecule has 96 valence electrons. The number of amides is 1. The molecule has 1 saturated heterocycles. The maximum absolute atomic E-state index is 11.8. The third kappa shape index (κ3) is 2.71. The van der Waals surface area contributed by atoms with Crippen molar-refractivity contribution in [1.29, 1.82) is 0 Å². The number of para-hydroxylation sites is 1. The van der Waals surface area contributed by atoms with E-state index in [4.69, 9.17) is 9.84 Å². The number of aliphatic hydroxyl groups is 1. The molecule has 2 rings (SSSR count). The van der Waals surface area contributed by atoms with Crippen LogP contribution in [0.5, 0.6) is 5.75 Å². The van der Waals surface area contributed by atoms with Gasteiger partial charge < -0.3 is 14.7 Å². The highest BCUT2D eigenvalue weighted by Gasteiger charge is 2.28. The van der Waals surface area contributed by atoms with Gasteiger partial charge in [-0.05, 0) is 12.1 Å². The number of likely N-dealkylation sites (tertiary alicyclic amines) is 1. The zero-order chi connectivity index (χ0) is 13.0. The first-order valence-electron chi connectivity index (χ1n) is 5.95. The molecule has 0 aromatic heterocycles. The van der Waals surface area contributed by atoms with E-state index in [9.17, 15) is 4.79 Å².